The van der Waals surface area contributed by atoms with Gasteiger partial charge in [0.05, 0.1) is 0 Å². The predicted molar refractivity (Wildman–Crippen MR) is 45.7 cm³/mol. The summed E-state index contributed by atoms with van der Waals surface area (Å²) >= 11 is 10.6. The fraction of sp³-hybridized carbons (Fsp3) is 0. The van der Waals surface area contributed by atoms with Gasteiger partial charge in [0.15, 0.2) is 0 Å². The fourth-order valence-corrected chi connectivity index (χ4v) is 0.917. The van der Waals surface area contributed by atoms with E-state index in [4.69, 9.17) is 23.2 Å². The van der Waals surface area contributed by atoms with Gasteiger partial charge < -0.3 is 0 Å². The zero-order valence-corrected chi connectivity index (χ0v) is 7.06. The van der Waals surface area contributed by atoms with Crippen molar-refractivity contribution in [2.24, 2.45) is 0 Å². The lowest BCUT2D eigenvalue weighted by Crippen LogP contribution is -2.00. The first kappa shape index (κ1) is 8.57. The van der Waals surface area contributed by atoms with Gasteiger partial charge in [-0.25, -0.2) is 0 Å². The number of rotatable bonds is 2. The summed E-state index contributed by atoms with van der Waals surface area (Å²) in [6.45, 7) is 0. The fourth-order valence-electron chi connectivity index (χ4n) is 0.699. The molecular formula is C8H5Cl2O. The predicted octanol–water partition coefficient (Wildman–Crippen LogP) is 2.84. The van der Waals surface area contributed by atoms with Gasteiger partial charge in [-0.2, -0.15) is 0 Å². The van der Waals surface area contributed by atoms with Gasteiger partial charge in [-0.15, -0.1) is 0 Å². The van der Waals surface area contributed by atoms with Gasteiger partial charge in [-0.3, -0.25) is 4.79 Å². The lowest BCUT2D eigenvalue weighted by atomic mass is 10.1. The minimum absolute atomic E-state index is 0.226. The van der Waals surface area contributed by atoms with E-state index in [1.807, 2.05) is 6.07 Å². The lowest BCUT2D eigenvalue weighted by Gasteiger charge is -1.97. The molecule has 0 unspecified atom stereocenters. The Hall–Kier alpha value is -0.530. The van der Waals surface area contributed by atoms with Crippen molar-refractivity contribution in [2.45, 2.75) is 0 Å². The van der Waals surface area contributed by atoms with Crippen LogP contribution in [0.3, 0.4) is 0 Å². The number of carbonyl (C=O) groups excluding carboxylic acids is 1. The molecule has 1 aromatic carbocycles. The average Bonchev–Trinajstić information content (AvgIpc) is 2.05. The second-order valence-electron chi connectivity index (χ2n) is 1.96. The molecule has 1 nitrogen and oxygen atoms in total. The van der Waals surface area contributed by atoms with E-state index in [0.717, 1.165) is 0 Å². The Kier molecular flexibility index (Phi) is 2.92. The topological polar surface area (TPSA) is 17.1 Å². The number of benzene rings is 1. The second kappa shape index (κ2) is 3.74. The third kappa shape index (κ3) is 2.21. The third-order valence-corrected chi connectivity index (χ3v) is 1.55. The Morgan fingerprint density at radius 1 is 1.09 bits per heavy atom. The lowest BCUT2D eigenvalue weighted by molar-refractivity contribution is 0.103. The van der Waals surface area contributed by atoms with E-state index in [0.29, 0.717) is 5.56 Å². The zero-order chi connectivity index (χ0) is 8.27. The maximum Gasteiger partial charge on any atom is 0.220 e. The summed E-state index contributed by atoms with van der Waals surface area (Å²) in [6, 6.07) is 8.65. The Morgan fingerprint density at radius 3 is 2.09 bits per heavy atom. The molecule has 0 N–H and O–H groups in total. The van der Waals surface area contributed by atoms with Crippen molar-refractivity contribution < 1.29 is 4.79 Å². The van der Waals surface area contributed by atoms with E-state index in [1.54, 1.807) is 24.3 Å². The smallest absolute Gasteiger partial charge is 0.220 e. The molecule has 0 bridgehead atoms. The van der Waals surface area contributed by atoms with Gasteiger partial charge in [0, 0.05) is 5.56 Å². The number of carbonyl (C=O) groups is 1. The first-order valence-corrected chi connectivity index (χ1v) is 3.75. The Labute approximate surface area is 74.9 Å². The Morgan fingerprint density at radius 2 is 1.64 bits per heavy atom. The summed E-state index contributed by atoms with van der Waals surface area (Å²) in [5.41, 5.74) is 0.507. The van der Waals surface area contributed by atoms with E-state index < -0.39 is 0 Å². The van der Waals surface area contributed by atoms with E-state index in [-0.39, 0.29) is 10.6 Å². The highest BCUT2D eigenvalue weighted by Crippen LogP contribution is 2.18. The average molecular weight is 188 g/mol. The number of Topliss-reactive ketones (excluding diaryl/α,β-unsaturated/α-hetero) is 1. The quantitative estimate of drug-likeness (QED) is 0.652. The van der Waals surface area contributed by atoms with Crippen molar-refractivity contribution in [1.29, 1.82) is 0 Å². The molecule has 1 aromatic rings. The van der Waals surface area contributed by atoms with Crippen LogP contribution in [0.4, 0.5) is 0 Å². The van der Waals surface area contributed by atoms with Crippen molar-refractivity contribution >= 4 is 29.0 Å². The van der Waals surface area contributed by atoms with Crippen molar-refractivity contribution in [3.8, 4) is 0 Å². The Bertz CT molecular complexity index is 244. The molecule has 0 saturated heterocycles. The molecule has 0 heterocycles. The van der Waals surface area contributed by atoms with Gasteiger partial charge in [-0.1, -0.05) is 53.5 Å². The van der Waals surface area contributed by atoms with Crippen LogP contribution in [0.2, 0.25) is 0 Å². The Balaban J connectivity index is 2.86. The molecule has 0 saturated carbocycles. The van der Waals surface area contributed by atoms with Crippen molar-refractivity contribution in [2.75, 3.05) is 0 Å². The van der Waals surface area contributed by atoms with E-state index in [1.165, 1.54) is 0 Å². The standard InChI is InChI=1S/C8H5Cl2O/c9-8(10)7(11)6-4-2-1-3-5-6/h1-5H. The summed E-state index contributed by atoms with van der Waals surface area (Å²) in [7, 11) is 0. The van der Waals surface area contributed by atoms with Crippen LogP contribution in [-0.2, 0) is 0 Å². The van der Waals surface area contributed by atoms with Crippen molar-refractivity contribution in [3.05, 3.63) is 40.7 Å². The largest absolute Gasteiger partial charge is 0.291 e. The number of halogens is 2. The van der Waals surface area contributed by atoms with Crippen LogP contribution >= 0.6 is 23.2 Å². The SMILES string of the molecule is O=C([C](Cl)Cl)c1ccccc1. The second-order valence-corrected chi connectivity index (χ2v) is 2.90. The van der Waals surface area contributed by atoms with Crippen LogP contribution in [0.25, 0.3) is 0 Å². The maximum absolute atomic E-state index is 11.0. The molecule has 0 fully saturated rings. The summed E-state index contributed by atoms with van der Waals surface area (Å²) in [6.07, 6.45) is 0. The molecule has 0 atom stereocenters. The molecule has 3 heteroatoms. The molecular weight excluding hydrogens is 183 g/mol. The normalized spacial score (nSPS) is 10.1. The highest BCUT2D eigenvalue weighted by atomic mass is 35.5. The number of ketones is 1. The van der Waals surface area contributed by atoms with Gasteiger partial charge in [0.2, 0.25) is 10.6 Å². The summed E-state index contributed by atoms with van der Waals surface area (Å²) in [4.78, 5) is 10.8. The van der Waals surface area contributed by atoms with Crippen LogP contribution < -0.4 is 0 Å². The summed E-state index contributed by atoms with van der Waals surface area (Å²) < 4.78 is 0. The van der Waals surface area contributed by atoms with Crippen LogP contribution in [0.1, 0.15) is 10.4 Å². The van der Waals surface area contributed by atoms with E-state index in [2.05, 4.69) is 0 Å². The minimum atomic E-state index is -0.339. The molecule has 11 heavy (non-hydrogen) atoms. The van der Waals surface area contributed by atoms with Crippen LogP contribution in [0.5, 0.6) is 0 Å². The van der Waals surface area contributed by atoms with Gasteiger partial charge in [-0.05, 0) is 0 Å². The molecule has 0 aliphatic carbocycles. The molecule has 0 aliphatic heterocycles. The highest BCUT2D eigenvalue weighted by Gasteiger charge is 2.14. The van der Waals surface area contributed by atoms with Crippen LogP contribution in [0, 0.1) is 4.84 Å². The van der Waals surface area contributed by atoms with Gasteiger partial charge in [0.1, 0.15) is 0 Å². The monoisotopic (exact) mass is 187 g/mol. The molecule has 1 rings (SSSR count). The van der Waals surface area contributed by atoms with Gasteiger partial charge in [0.25, 0.3) is 0 Å². The molecule has 0 amide bonds. The van der Waals surface area contributed by atoms with Crippen molar-refractivity contribution in [3.63, 3.8) is 0 Å². The molecule has 0 aliphatic rings. The summed E-state index contributed by atoms with van der Waals surface area (Å²) in [5, 5.41) is 0. The molecule has 0 spiro atoms. The van der Waals surface area contributed by atoms with Crippen LogP contribution in [0.15, 0.2) is 30.3 Å². The third-order valence-electron chi connectivity index (χ3n) is 1.21. The molecule has 1 radical (unpaired) electrons. The molecule has 57 valence electrons. The zero-order valence-electron chi connectivity index (χ0n) is 5.55. The number of hydrogen-bond acceptors (Lipinski definition) is 1. The minimum Gasteiger partial charge on any atom is -0.291 e. The van der Waals surface area contributed by atoms with Gasteiger partial charge >= 0.3 is 0 Å². The molecule has 0 aromatic heterocycles. The first-order chi connectivity index (χ1) is 5.22. The van der Waals surface area contributed by atoms with Crippen molar-refractivity contribution in [1.82, 2.24) is 0 Å². The summed E-state index contributed by atoms with van der Waals surface area (Å²) in [5.74, 6) is -0.339. The number of hydrogen-bond donors (Lipinski definition) is 0. The highest BCUT2D eigenvalue weighted by molar-refractivity contribution is 6.64. The van der Waals surface area contributed by atoms with E-state index >= 15 is 0 Å². The first-order valence-electron chi connectivity index (χ1n) is 2.99. The maximum atomic E-state index is 11.0. The van der Waals surface area contributed by atoms with Crippen LogP contribution in [-0.4, -0.2) is 5.78 Å². The van der Waals surface area contributed by atoms with E-state index in [9.17, 15) is 4.79 Å².